The van der Waals surface area contributed by atoms with E-state index in [-0.39, 0.29) is 18.7 Å². The Morgan fingerprint density at radius 3 is 2.79 bits per heavy atom. The first-order valence-electron chi connectivity index (χ1n) is 11.0. The van der Waals surface area contributed by atoms with E-state index in [1.807, 2.05) is 0 Å². The standard InChI is InChI=1S/C25H36O4/c1-17(10-12-21-18(2)8-6-14-25(21,3)4)7-5-9-19-11-13-22(29-24(19)27)20-15-23(26)28-16-20/h7,11,15,22,24,27H,5-6,8-10,12-14,16H2,1-4H3/t22-,24-/m1/s1. The Morgan fingerprint density at radius 1 is 1.34 bits per heavy atom. The molecule has 3 aliphatic rings. The topological polar surface area (TPSA) is 55.8 Å². The first-order chi connectivity index (χ1) is 13.8. The van der Waals surface area contributed by atoms with Crippen LogP contribution in [-0.4, -0.2) is 30.1 Å². The molecule has 29 heavy (non-hydrogen) atoms. The van der Waals surface area contributed by atoms with Crippen LogP contribution in [0.1, 0.15) is 79.1 Å². The number of rotatable bonds is 7. The fourth-order valence-electron chi connectivity index (χ4n) is 4.83. The predicted octanol–water partition coefficient (Wildman–Crippen LogP) is 5.54. The quantitative estimate of drug-likeness (QED) is 0.450. The highest BCUT2D eigenvalue weighted by Gasteiger charge is 2.29. The highest BCUT2D eigenvalue weighted by atomic mass is 16.6. The summed E-state index contributed by atoms with van der Waals surface area (Å²) in [5.74, 6) is -0.323. The lowest BCUT2D eigenvalue weighted by Crippen LogP contribution is -2.29. The molecule has 3 rings (SSSR count). The number of allylic oxidation sites excluding steroid dienone is 4. The van der Waals surface area contributed by atoms with E-state index in [0.29, 0.717) is 11.8 Å². The highest BCUT2D eigenvalue weighted by molar-refractivity contribution is 5.85. The van der Waals surface area contributed by atoms with Gasteiger partial charge < -0.3 is 14.6 Å². The molecule has 4 heteroatoms. The molecule has 0 saturated heterocycles. The zero-order valence-corrected chi connectivity index (χ0v) is 18.4. The summed E-state index contributed by atoms with van der Waals surface area (Å²) < 4.78 is 10.6. The fraction of sp³-hybridized carbons (Fsp3) is 0.640. The third-order valence-corrected chi connectivity index (χ3v) is 6.68. The third-order valence-electron chi connectivity index (χ3n) is 6.68. The van der Waals surface area contributed by atoms with E-state index < -0.39 is 6.29 Å². The molecule has 0 spiro atoms. The molecule has 160 valence electrons. The lowest BCUT2D eigenvalue weighted by Gasteiger charge is -2.35. The molecular weight excluding hydrogens is 364 g/mol. The Kier molecular flexibility index (Phi) is 7.18. The van der Waals surface area contributed by atoms with Gasteiger partial charge in [-0.3, -0.25) is 0 Å². The average Bonchev–Trinajstić information content (AvgIpc) is 3.08. The number of carbonyl (C=O) groups is 1. The molecule has 0 fully saturated rings. The summed E-state index contributed by atoms with van der Waals surface area (Å²) >= 11 is 0. The smallest absolute Gasteiger partial charge is 0.331 e. The van der Waals surface area contributed by atoms with E-state index in [0.717, 1.165) is 36.8 Å². The predicted molar refractivity (Wildman–Crippen MR) is 115 cm³/mol. The zero-order valence-electron chi connectivity index (χ0n) is 18.4. The molecule has 1 N–H and O–H groups in total. The van der Waals surface area contributed by atoms with Gasteiger partial charge in [0.2, 0.25) is 0 Å². The maximum atomic E-state index is 11.2. The van der Waals surface area contributed by atoms with Gasteiger partial charge in [0.1, 0.15) is 6.61 Å². The average molecular weight is 401 g/mol. The van der Waals surface area contributed by atoms with Crippen molar-refractivity contribution >= 4 is 5.97 Å². The minimum absolute atomic E-state index is 0.257. The molecule has 0 amide bonds. The lowest BCUT2D eigenvalue weighted by atomic mass is 9.71. The lowest BCUT2D eigenvalue weighted by molar-refractivity contribution is -0.135. The Balaban J connectivity index is 1.47. The van der Waals surface area contributed by atoms with Crippen molar-refractivity contribution in [2.24, 2.45) is 5.41 Å². The highest BCUT2D eigenvalue weighted by Crippen LogP contribution is 2.42. The van der Waals surface area contributed by atoms with Crippen molar-refractivity contribution in [3.8, 4) is 0 Å². The number of esters is 1. The monoisotopic (exact) mass is 400 g/mol. The molecule has 0 unspecified atom stereocenters. The summed E-state index contributed by atoms with van der Waals surface area (Å²) in [4.78, 5) is 11.2. The summed E-state index contributed by atoms with van der Waals surface area (Å²) in [6, 6.07) is 0. The number of hydrogen-bond acceptors (Lipinski definition) is 4. The van der Waals surface area contributed by atoms with Crippen molar-refractivity contribution in [1.82, 2.24) is 0 Å². The van der Waals surface area contributed by atoms with Gasteiger partial charge >= 0.3 is 5.97 Å². The van der Waals surface area contributed by atoms with Crippen LogP contribution in [0.4, 0.5) is 0 Å². The molecule has 0 aromatic heterocycles. The molecule has 0 aromatic rings. The molecule has 2 atom stereocenters. The van der Waals surface area contributed by atoms with Crippen molar-refractivity contribution in [1.29, 1.82) is 0 Å². The second-order valence-electron chi connectivity index (χ2n) is 9.40. The summed E-state index contributed by atoms with van der Waals surface area (Å²) in [5.41, 5.74) is 6.77. The summed E-state index contributed by atoms with van der Waals surface area (Å²) in [7, 11) is 0. The van der Waals surface area contributed by atoms with Crippen molar-refractivity contribution < 1.29 is 19.4 Å². The van der Waals surface area contributed by atoms with Gasteiger partial charge in [0, 0.05) is 11.6 Å². The number of aliphatic hydroxyl groups is 1. The van der Waals surface area contributed by atoms with Crippen LogP contribution >= 0.6 is 0 Å². The maximum absolute atomic E-state index is 11.2. The molecular formula is C25H36O4. The van der Waals surface area contributed by atoms with Gasteiger partial charge in [-0.05, 0) is 76.2 Å². The van der Waals surface area contributed by atoms with Crippen LogP contribution in [0.5, 0.6) is 0 Å². The van der Waals surface area contributed by atoms with Crippen LogP contribution < -0.4 is 0 Å². The fourth-order valence-corrected chi connectivity index (χ4v) is 4.83. The first kappa shape index (κ1) is 22.0. The third kappa shape index (κ3) is 5.70. The van der Waals surface area contributed by atoms with Crippen molar-refractivity contribution in [2.45, 2.75) is 91.5 Å². The van der Waals surface area contributed by atoms with Gasteiger partial charge in [0.05, 0.1) is 6.10 Å². The van der Waals surface area contributed by atoms with Crippen LogP contribution in [0.2, 0.25) is 0 Å². The molecule has 2 aliphatic heterocycles. The molecule has 0 aromatic carbocycles. The van der Waals surface area contributed by atoms with Gasteiger partial charge in [-0.25, -0.2) is 4.79 Å². The zero-order chi connectivity index (χ0) is 21.0. The molecule has 2 heterocycles. The summed E-state index contributed by atoms with van der Waals surface area (Å²) in [5, 5.41) is 10.3. The Hall–Kier alpha value is -1.65. The van der Waals surface area contributed by atoms with Gasteiger partial charge in [-0.2, -0.15) is 0 Å². The van der Waals surface area contributed by atoms with Crippen molar-refractivity contribution in [3.05, 3.63) is 46.1 Å². The minimum atomic E-state index is -0.894. The SMILES string of the molecule is CC(=CCCC1=CC[C@H](C2=CC(=O)OC2)O[C@H]1O)CCC1=C(C)CCCC1(C)C. The number of carbonyl (C=O) groups excluding carboxylic acids is 1. The van der Waals surface area contributed by atoms with Gasteiger partial charge in [0.25, 0.3) is 0 Å². The number of hydrogen-bond donors (Lipinski definition) is 1. The Labute approximate surface area is 175 Å². The van der Waals surface area contributed by atoms with Crippen molar-refractivity contribution in [3.63, 3.8) is 0 Å². The van der Waals surface area contributed by atoms with E-state index in [4.69, 9.17) is 9.47 Å². The number of ether oxygens (including phenoxy) is 2. The second-order valence-corrected chi connectivity index (χ2v) is 9.40. The van der Waals surface area contributed by atoms with E-state index in [1.54, 1.807) is 11.1 Å². The van der Waals surface area contributed by atoms with Gasteiger partial charge in [0.15, 0.2) is 6.29 Å². The van der Waals surface area contributed by atoms with Crippen LogP contribution in [0, 0.1) is 5.41 Å². The largest absolute Gasteiger partial charge is 0.458 e. The van der Waals surface area contributed by atoms with E-state index >= 15 is 0 Å². The number of aliphatic hydroxyl groups excluding tert-OH is 1. The minimum Gasteiger partial charge on any atom is -0.458 e. The van der Waals surface area contributed by atoms with Gasteiger partial charge in [-0.15, -0.1) is 0 Å². The van der Waals surface area contributed by atoms with Crippen LogP contribution in [0.15, 0.2) is 46.1 Å². The maximum Gasteiger partial charge on any atom is 0.331 e. The normalized spacial score (nSPS) is 27.6. The second kappa shape index (κ2) is 9.44. The van der Waals surface area contributed by atoms with Crippen LogP contribution in [0.25, 0.3) is 0 Å². The van der Waals surface area contributed by atoms with Gasteiger partial charge in [-0.1, -0.05) is 42.7 Å². The summed E-state index contributed by atoms with van der Waals surface area (Å²) in [6.07, 6.45) is 13.2. The number of cyclic esters (lactones) is 1. The first-order valence-corrected chi connectivity index (χ1v) is 11.0. The van der Waals surface area contributed by atoms with Crippen LogP contribution in [-0.2, 0) is 14.3 Å². The summed E-state index contributed by atoms with van der Waals surface area (Å²) in [6.45, 7) is 9.57. The Bertz CT molecular complexity index is 751. The van der Waals surface area contributed by atoms with Crippen molar-refractivity contribution in [2.75, 3.05) is 6.61 Å². The van der Waals surface area contributed by atoms with E-state index in [1.165, 1.54) is 30.9 Å². The molecule has 0 bridgehead atoms. The molecule has 1 aliphatic carbocycles. The Morgan fingerprint density at radius 2 is 2.14 bits per heavy atom. The molecule has 0 radical (unpaired) electrons. The van der Waals surface area contributed by atoms with E-state index in [2.05, 4.69) is 39.8 Å². The van der Waals surface area contributed by atoms with E-state index in [9.17, 15) is 9.90 Å². The van der Waals surface area contributed by atoms with Crippen LogP contribution in [0.3, 0.4) is 0 Å². The molecule has 0 saturated carbocycles. The molecule has 4 nitrogen and oxygen atoms in total.